The van der Waals surface area contributed by atoms with Crippen LogP contribution in [0, 0.1) is 0 Å². The number of benzene rings is 2. The molecule has 10 heteroatoms. The van der Waals surface area contributed by atoms with Gasteiger partial charge in [0, 0.05) is 31.7 Å². The molecule has 2 aromatic carbocycles. The molecule has 0 radical (unpaired) electrons. The second-order valence-electron chi connectivity index (χ2n) is 7.01. The van der Waals surface area contributed by atoms with Crippen molar-refractivity contribution in [2.45, 2.75) is 6.18 Å². The standard InChI is InChI=1S/C21H16BrF3N4O2/c1-28-9-10-29(20(28)31)18-13-6-4-8-16(17(13)26-11-15(18)22)27-19(30)12-5-2-3-7-14(12)21(23,24)25/h2-8,11H,9-10H2,1H3,(H,27,30). The minimum absolute atomic E-state index is 0.179. The van der Waals surface area contributed by atoms with E-state index in [0.29, 0.717) is 34.2 Å². The van der Waals surface area contributed by atoms with E-state index in [9.17, 15) is 22.8 Å². The Kier molecular flexibility index (Phi) is 5.34. The number of hydrogen-bond acceptors (Lipinski definition) is 3. The zero-order chi connectivity index (χ0) is 22.3. The van der Waals surface area contributed by atoms with Gasteiger partial charge in [-0.2, -0.15) is 13.2 Å². The number of carbonyl (C=O) groups excluding carboxylic acids is 2. The highest BCUT2D eigenvalue weighted by molar-refractivity contribution is 9.10. The van der Waals surface area contributed by atoms with Crippen molar-refractivity contribution >= 4 is 50.1 Å². The van der Waals surface area contributed by atoms with E-state index < -0.39 is 23.2 Å². The SMILES string of the molecule is CN1CCN(c2c(Br)cnc3c(NC(=O)c4ccccc4C(F)(F)F)cccc23)C1=O. The van der Waals surface area contributed by atoms with E-state index in [1.54, 1.807) is 35.0 Å². The average molecular weight is 493 g/mol. The smallest absolute Gasteiger partial charge is 0.326 e. The fourth-order valence-electron chi connectivity index (χ4n) is 3.53. The van der Waals surface area contributed by atoms with E-state index in [0.717, 1.165) is 12.1 Å². The number of hydrogen-bond donors (Lipinski definition) is 1. The zero-order valence-corrected chi connectivity index (χ0v) is 17.8. The number of carbonyl (C=O) groups is 2. The quantitative estimate of drug-likeness (QED) is 0.550. The second-order valence-corrected chi connectivity index (χ2v) is 7.86. The van der Waals surface area contributed by atoms with Gasteiger partial charge in [-0.25, -0.2) is 4.79 Å². The van der Waals surface area contributed by atoms with E-state index in [1.807, 2.05) is 0 Å². The molecule has 4 rings (SSSR count). The predicted molar refractivity (Wildman–Crippen MR) is 114 cm³/mol. The molecule has 0 spiro atoms. The van der Waals surface area contributed by atoms with E-state index >= 15 is 0 Å². The van der Waals surface area contributed by atoms with Crippen LogP contribution in [0.3, 0.4) is 0 Å². The summed E-state index contributed by atoms with van der Waals surface area (Å²) in [6.45, 7) is 1.03. The fourth-order valence-corrected chi connectivity index (χ4v) is 4.06. The van der Waals surface area contributed by atoms with E-state index in [1.165, 1.54) is 18.3 Å². The molecule has 0 aliphatic carbocycles. The lowest BCUT2D eigenvalue weighted by Gasteiger charge is -2.20. The summed E-state index contributed by atoms with van der Waals surface area (Å²) >= 11 is 3.43. The first kappa shape index (κ1) is 21.1. The lowest BCUT2D eigenvalue weighted by Crippen LogP contribution is -2.29. The van der Waals surface area contributed by atoms with Gasteiger partial charge in [0.15, 0.2) is 0 Å². The monoisotopic (exact) mass is 492 g/mol. The molecule has 2 heterocycles. The minimum atomic E-state index is -4.66. The molecule has 0 bridgehead atoms. The Morgan fingerprint density at radius 3 is 2.55 bits per heavy atom. The number of alkyl halides is 3. The number of pyridine rings is 1. The van der Waals surface area contributed by atoms with Crippen molar-refractivity contribution in [1.29, 1.82) is 0 Å². The maximum atomic E-state index is 13.3. The molecule has 3 amide bonds. The molecule has 1 aromatic heterocycles. The number of nitrogens with one attached hydrogen (secondary N) is 1. The van der Waals surface area contributed by atoms with Crippen molar-refractivity contribution in [3.63, 3.8) is 0 Å². The number of nitrogens with zero attached hydrogens (tertiary/aromatic N) is 3. The van der Waals surface area contributed by atoms with Gasteiger partial charge in [0.2, 0.25) is 0 Å². The highest BCUT2D eigenvalue weighted by Gasteiger charge is 2.35. The van der Waals surface area contributed by atoms with Crippen molar-refractivity contribution in [3.05, 3.63) is 64.3 Å². The molecule has 3 aromatic rings. The van der Waals surface area contributed by atoms with Gasteiger partial charge >= 0.3 is 12.2 Å². The Bertz CT molecular complexity index is 1200. The first-order valence-corrected chi connectivity index (χ1v) is 10.0. The second kappa shape index (κ2) is 7.84. The van der Waals surface area contributed by atoms with Gasteiger partial charge in [-0.3, -0.25) is 14.7 Å². The van der Waals surface area contributed by atoms with E-state index in [4.69, 9.17) is 0 Å². The van der Waals surface area contributed by atoms with Crippen molar-refractivity contribution < 1.29 is 22.8 Å². The highest BCUT2D eigenvalue weighted by atomic mass is 79.9. The molecular weight excluding hydrogens is 477 g/mol. The summed E-state index contributed by atoms with van der Waals surface area (Å²) in [5.41, 5.74) is -0.309. The Balaban J connectivity index is 1.76. The van der Waals surface area contributed by atoms with Crippen LogP contribution in [0.2, 0.25) is 0 Å². The molecule has 1 fully saturated rings. The maximum Gasteiger partial charge on any atom is 0.417 e. The number of fused-ring (bicyclic) bond motifs is 1. The topological polar surface area (TPSA) is 65.5 Å². The Morgan fingerprint density at radius 2 is 1.87 bits per heavy atom. The normalized spacial score (nSPS) is 14.4. The van der Waals surface area contributed by atoms with Gasteiger partial charge in [-0.05, 0) is 34.1 Å². The van der Waals surface area contributed by atoms with Crippen LogP contribution < -0.4 is 10.2 Å². The zero-order valence-electron chi connectivity index (χ0n) is 16.2. The molecule has 0 atom stereocenters. The third-order valence-corrected chi connectivity index (χ3v) is 5.62. The van der Waals surface area contributed by atoms with Crippen LogP contribution in [0.5, 0.6) is 0 Å². The summed E-state index contributed by atoms with van der Waals surface area (Å²) in [7, 11) is 1.70. The molecule has 0 unspecified atom stereocenters. The maximum absolute atomic E-state index is 13.3. The molecule has 1 N–H and O–H groups in total. The number of rotatable bonds is 3. The summed E-state index contributed by atoms with van der Waals surface area (Å²) in [6.07, 6.45) is -3.16. The van der Waals surface area contributed by atoms with Crippen LogP contribution in [0.25, 0.3) is 10.9 Å². The first-order chi connectivity index (χ1) is 14.7. The van der Waals surface area contributed by atoms with Crippen LogP contribution in [-0.2, 0) is 6.18 Å². The number of likely N-dealkylation sites (N-methyl/N-ethyl adjacent to an activating group) is 1. The molecular formula is C21H16BrF3N4O2. The Morgan fingerprint density at radius 1 is 1.13 bits per heavy atom. The van der Waals surface area contributed by atoms with Gasteiger partial charge in [0.1, 0.15) is 0 Å². The predicted octanol–water partition coefficient (Wildman–Crippen LogP) is 5.14. The Labute approximate surface area is 183 Å². The lowest BCUT2D eigenvalue weighted by atomic mass is 10.1. The van der Waals surface area contributed by atoms with Crippen LogP contribution in [0.4, 0.5) is 29.3 Å². The molecule has 0 saturated carbocycles. The third kappa shape index (κ3) is 3.83. The van der Waals surface area contributed by atoms with Crippen LogP contribution >= 0.6 is 15.9 Å². The van der Waals surface area contributed by atoms with Crippen molar-refractivity contribution in [3.8, 4) is 0 Å². The Hall–Kier alpha value is -3.14. The number of anilines is 2. The highest BCUT2D eigenvalue weighted by Crippen LogP contribution is 2.38. The van der Waals surface area contributed by atoms with Gasteiger partial charge in [0.25, 0.3) is 5.91 Å². The first-order valence-electron chi connectivity index (χ1n) is 9.26. The molecule has 31 heavy (non-hydrogen) atoms. The molecule has 1 aliphatic heterocycles. The number of urea groups is 1. The summed E-state index contributed by atoms with van der Waals surface area (Å²) in [4.78, 5) is 32.7. The summed E-state index contributed by atoms with van der Waals surface area (Å²) in [5, 5.41) is 3.12. The van der Waals surface area contributed by atoms with Crippen LogP contribution in [0.1, 0.15) is 15.9 Å². The lowest BCUT2D eigenvalue weighted by molar-refractivity contribution is -0.137. The summed E-state index contributed by atoms with van der Waals surface area (Å²) in [6, 6.07) is 9.35. The summed E-state index contributed by atoms with van der Waals surface area (Å²) in [5.74, 6) is -0.899. The van der Waals surface area contributed by atoms with Crippen molar-refractivity contribution in [2.24, 2.45) is 0 Å². The number of aromatic nitrogens is 1. The van der Waals surface area contributed by atoms with Crippen molar-refractivity contribution in [1.82, 2.24) is 9.88 Å². The molecule has 1 aliphatic rings. The van der Waals surface area contributed by atoms with E-state index in [2.05, 4.69) is 26.2 Å². The number of amides is 3. The number of halogens is 4. The van der Waals surface area contributed by atoms with Crippen molar-refractivity contribution in [2.75, 3.05) is 30.4 Å². The largest absolute Gasteiger partial charge is 0.417 e. The molecule has 1 saturated heterocycles. The summed E-state index contributed by atoms with van der Waals surface area (Å²) < 4.78 is 40.5. The van der Waals surface area contributed by atoms with Gasteiger partial charge in [-0.1, -0.05) is 24.3 Å². The minimum Gasteiger partial charge on any atom is -0.326 e. The van der Waals surface area contributed by atoms with Gasteiger partial charge in [0.05, 0.1) is 32.5 Å². The van der Waals surface area contributed by atoms with Crippen LogP contribution in [0.15, 0.2) is 53.1 Å². The fraction of sp³-hybridized carbons (Fsp3) is 0.190. The van der Waals surface area contributed by atoms with E-state index in [-0.39, 0.29) is 11.7 Å². The van der Waals surface area contributed by atoms with Gasteiger partial charge in [-0.15, -0.1) is 0 Å². The van der Waals surface area contributed by atoms with Crippen LogP contribution in [-0.4, -0.2) is 42.0 Å². The molecule has 160 valence electrons. The molecule has 6 nitrogen and oxygen atoms in total. The number of para-hydroxylation sites is 1. The average Bonchev–Trinajstić information content (AvgIpc) is 3.05. The third-order valence-electron chi connectivity index (χ3n) is 5.04. The van der Waals surface area contributed by atoms with Gasteiger partial charge < -0.3 is 10.2 Å².